The quantitative estimate of drug-likeness (QED) is 0.373. The van der Waals surface area contributed by atoms with Crippen LogP contribution in [0.4, 0.5) is 0 Å². The number of carbonyl (C=O) groups excluding carboxylic acids is 1. The second-order valence-electron chi connectivity index (χ2n) is 2.29. The number of hydrogen-bond donors (Lipinski definition) is 4. The summed E-state index contributed by atoms with van der Waals surface area (Å²) in [7, 11) is 0. The molecule has 11 heavy (non-hydrogen) atoms. The van der Waals surface area contributed by atoms with Gasteiger partial charge in [-0.2, -0.15) is 0 Å². The van der Waals surface area contributed by atoms with Crippen molar-refractivity contribution in [2.24, 2.45) is 0 Å². The summed E-state index contributed by atoms with van der Waals surface area (Å²) in [6, 6.07) is 0. The molecule has 0 aliphatic rings. The molecule has 0 bridgehead atoms. The van der Waals surface area contributed by atoms with Gasteiger partial charge in [-0.15, -0.1) is 0 Å². The highest BCUT2D eigenvalue weighted by atomic mass is 16.4. The summed E-state index contributed by atoms with van der Waals surface area (Å²) in [6.45, 7) is 0.468. The minimum Gasteiger partial charge on any atom is -0.393 e. The first-order chi connectivity index (χ1) is 5.00. The summed E-state index contributed by atoms with van der Waals surface area (Å²) >= 11 is 0. The van der Waals surface area contributed by atoms with Gasteiger partial charge in [0.2, 0.25) is 0 Å². The van der Waals surface area contributed by atoms with Gasteiger partial charge >= 0.3 is 0 Å². The Labute approximate surface area is 63.9 Å². The third-order valence-electron chi connectivity index (χ3n) is 1.25. The maximum atomic E-state index is 10.7. The van der Waals surface area contributed by atoms with Crippen LogP contribution >= 0.6 is 0 Å². The largest absolute Gasteiger partial charge is 0.393 e. The molecular formula is C6H12O5. The molecule has 5 heteroatoms. The average Bonchev–Trinajstić information content (AvgIpc) is 2.00. The van der Waals surface area contributed by atoms with Crippen LogP contribution in [-0.2, 0) is 4.79 Å². The third-order valence-corrected chi connectivity index (χ3v) is 1.25. The Morgan fingerprint density at radius 1 is 1.36 bits per heavy atom. The average molecular weight is 164 g/mol. The zero-order chi connectivity index (χ0) is 9.02. The van der Waals surface area contributed by atoms with Gasteiger partial charge in [0.25, 0.3) is 0 Å². The van der Waals surface area contributed by atoms with Gasteiger partial charge in [-0.3, -0.25) is 4.79 Å². The van der Waals surface area contributed by atoms with Gasteiger partial charge < -0.3 is 20.4 Å². The second-order valence-corrected chi connectivity index (χ2v) is 2.29. The third kappa shape index (κ3) is 2.94. The molecule has 0 aromatic rings. The van der Waals surface area contributed by atoms with E-state index >= 15 is 0 Å². The summed E-state index contributed by atoms with van der Waals surface area (Å²) < 4.78 is 0. The first kappa shape index (κ1) is 10.5. The molecule has 0 heterocycles. The fourth-order valence-corrected chi connectivity index (χ4v) is 0.525. The van der Waals surface area contributed by atoms with Gasteiger partial charge in [-0.05, 0) is 6.92 Å². The zero-order valence-corrected chi connectivity index (χ0v) is 6.14. The number of carbonyl (C=O) groups is 1. The van der Waals surface area contributed by atoms with Gasteiger partial charge in [0.05, 0.1) is 12.7 Å². The summed E-state index contributed by atoms with van der Waals surface area (Å²) in [5.74, 6) is -0.970. The molecule has 0 aliphatic heterocycles. The van der Waals surface area contributed by atoms with Crippen molar-refractivity contribution in [1.29, 1.82) is 0 Å². The number of aliphatic hydroxyl groups is 4. The van der Waals surface area contributed by atoms with Crippen molar-refractivity contribution < 1.29 is 25.2 Å². The number of hydrogen-bond acceptors (Lipinski definition) is 5. The smallest absolute Gasteiger partial charge is 0.194 e. The van der Waals surface area contributed by atoms with Crippen LogP contribution < -0.4 is 0 Å². The van der Waals surface area contributed by atoms with Crippen LogP contribution in [0.1, 0.15) is 6.92 Å². The van der Waals surface area contributed by atoms with Gasteiger partial charge in [0.1, 0.15) is 12.2 Å². The van der Waals surface area contributed by atoms with Crippen LogP contribution in [0.25, 0.3) is 0 Å². The standard InChI is InChI=1S/C6H12O5/c1-3(8)5(10)6(11)4(9)2-7/h3-5,7-10H,2H2,1H3/t3-,4+,5+/m0/s1. The van der Waals surface area contributed by atoms with Gasteiger partial charge in [-0.25, -0.2) is 0 Å². The Hall–Kier alpha value is -0.490. The van der Waals surface area contributed by atoms with Crippen LogP contribution in [-0.4, -0.2) is 51.1 Å². The molecule has 0 rings (SSSR count). The second kappa shape index (κ2) is 4.40. The highest BCUT2D eigenvalue weighted by Crippen LogP contribution is 1.97. The van der Waals surface area contributed by atoms with E-state index in [0.717, 1.165) is 0 Å². The summed E-state index contributed by atoms with van der Waals surface area (Å²) in [6.07, 6.45) is -4.47. The van der Waals surface area contributed by atoms with Crippen LogP contribution in [0.15, 0.2) is 0 Å². The fourth-order valence-electron chi connectivity index (χ4n) is 0.525. The van der Waals surface area contributed by atoms with E-state index in [4.69, 9.17) is 20.4 Å². The van der Waals surface area contributed by atoms with E-state index < -0.39 is 30.7 Å². The molecule has 0 aromatic carbocycles. The Balaban J connectivity index is 4.02. The van der Waals surface area contributed by atoms with Crippen LogP contribution in [0.2, 0.25) is 0 Å². The van der Waals surface area contributed by atoms with E-state index in [1.807, 2.05) is 0 Å². The van der Waals surface area contributed by atoms with Crippen molar-refractivity contribution in [3.63, 3.8) is 0 Å². The molecule has 0 saturated carbocycles. The van der Waals surface area contributed by atoms with Crippen molar-refractivity contribution in [1.82, 2.24) is 0 Å². The van der Waals surface area contributed by atoms with Crippen LogP contribution in [0, 0.1) is 0 Å². The first-order valence-electron chi connectivity index (χ1n) is 3.19. The maximum absolute atomic E-state index is 10.7. The summed E-state index contributed by atoms with van der Waals surface area (Å²) in [4.78, 5) is 10.7. The van der Waals surface area contributed by atoms with Crippen molar-refractivity contribution in [2.45, 2.75) is 25.2 Å². The molecule has 5 nitrogen and oxygen atoms in total. The Kier molecular flexibility index (Phi) is 4.20. The van der Waals surface area contributed by atoms with Crippen molar-refractivity contribution >= 4 is 5.78 Å². The highest BCUT2D eigenvalue weighted by molar-refractivity contribution is 5.87. The minimum atomic E-state index is -1.63. The lowest BCUT2D eigenvalue weighted by atomic mass is 10.1. The van der Waals surface area contributed by atoms with Crippen LogP contribution in [0.3, 0.4) is 0 Å². The highest BCUT2D eigenvalue weighted by Gasteiger charge is 2.26. The summed E-state index contributed by atoms with van der Waals surface area (Å²) in [5, 5.41) is 34.4. The summed E-state index contributed by atoms with van der Waals surface area (Å²) in [5.41, 5.74) is 0. The zero-order valence-electron chi connectivity index (χ0n) is 6.14. The topological polar surface area (TPSA) is 98.0 Å². The number of ketones is 1. The van der Waals surface area contributed by atoms with Gasteiger partial charge in [-0.1, -0.05) is 0 Å². The van der Waals surface area contributed by atoms with Crippen molar-refractivity contribution in [2.75, 3.05) is 6.61 Å². The molecule has 66 valence electrons. The Bertz CT molecular complexity index is 133. The molecule has 0 fully saturated rings. The SMILES string of the molecule is C[C@H](O)[C@@H](O)C(=O)[C@H](O)CO. The molecule has 3 atom stereocenters. The predicted molar refractivity (Wildman–Crippen MR) is 35.8 cm³/mol. The monoisotopic (exact) mass is 164 g/mol. The molecule has 0 unspecified atom stereocenters. The lowest BCUT2D eigenvalue weighted by molar-refractivity contribution is -0.142. The van der Waals surface area contributed by atoms with Crippen LogP contribution in [0.5, 0.6) is 0 Å². The molecule has 0 saturated heterocycles. The normalized spacial score (nSPS) is 19.0. The lowest BCUT2D eigenvalue weighted by Gasteiger charge is -2.14. The molecule has 0 amide bonds. The number of Topliss-reactive ketones (excluding diaryl/α,β-unsaturated/α-hetero) is 1. The predicted octanol–water partition coefficient (Wildman–Crippen LogP) is -2.35. The molecule has 0 radical (unpaired) electrons. The fraction of sp³-hybridized carbons (Fsp3) is 0.833. The maximum Gasteiger partial charge on any atom is 0.194 e. The minimum absolute atomic E-state index is 0.747. The Morgan fingerprint density at radius 3 is 2.09 bits per heavy atom. The molecular weight excluding hydrogens is 152 g/mol. The molecule has 0 aromatic heterocycles. The van der Waals surface area contributed by atoms with E-state index in [-0.39, 0.29) is 0 Å². The molecule has 0 spiro atoms. The van der Waals surface area contributed by atoms with E-state index in [1.165, 1.54) is 6.92 Å². The number of rotatable bonds is 4. The van der Waals surface area contributed by atoms with Gasteiger partial charge in [0, 0.05) is 0 Å². The first-order valence-corrected chi connectivity index (χ1v) is 3.19. The number of aliphatic hydroxyl groups excluding tert-OH is 4. The van der Waals surface area contributed by atoms with Gasteiger partial charge in [0.15, 0.2) is 5.78 Å². The molecule has 0 aliphatic carbocycles. The van der Waals surface area contributed by atoms with Crippen molar-refractivity contribution in [3.8, 4) is 0 Å². The van der Waals surface area contributed by atoms with Crippen molar-refractivity contribution in [3.05, 3.63) is 0 Å². The van der Waals surface area contributed by atoms with E-state index in [2.05, 4.69) is 0 Å². The molecule has 4 N–H and O–H groups in total. The lowest BCUT2D eigenvalue weighted by Crippen LogP contribution is -2.40. The van der Waals surface area contributed by atoms with E-state index in [0.29, 0.717) is 0 Å². The van der Waals surface area contributed by atoms with E-state index in [1.54, 1.807) is 0 Å². The Morgan fingerprint density at radius 2 is 1.82 bits per heavy atom. The van der Waals surface area contributed by atoms with E-state index in [9.17, 15) is 4.79 Å².